The maximum absolute atomic E-state index is 11.9. The van der Waals surface area contributed by atoms with E-state index < -0.39 is 0 Å². The van der Waals surface area contributed by atoms with Gasteiger partial charge in [0.25, 0.3) is 0 Å². The fourth-order valence-corrected chi connectivity index (χ4v) is 2.11. The first kappa shape index (κ1) is 13.5. The van der Waals surface area contributed by atoms with Gasteiger partial charge in [-0.3, -0.25) is 4.79 Å². The minimum atomic E-state index is 0.270. The number of nitrogens with one attached hydrogen (secondary N) is 1. The van der Waals surface area contributed by atoms with E-state index in [-0.39, 0.29) is 5.91 Å². The lowest BCUT2D eigenvalue weighted by Gasteiger charge is -2.21. The Bertz CT molecular complexity index is 203. The van der Waals surface area contributed by atoms with Crippen LogP contribution in [0.3, 0.4) is 0 Å². The molecular formula is C12H24N2O2. The van der Waals surface area contributed by atoms with Crippen LogP contribution in [-0.2, 0) is 9.53 Å². The zero-order valence-corrected chi connectivity index (χ0v) is 10.5. The van der Waals surface area contributed by atoms with E-state index in [1.54, 1.807) is 7.11 Å². The Morgan fingerprint density at radius 2 is 2.38 bits per heavy atom. The quantitative estimate of drug-likeness (QED) is 0.703. The van der Waals surface area contributed by atoms with Crippen molar-refractivity contribution >= 4 is 5.91 Å². The molecule has 4 nitrogen and oxygen atoms in total. The molecule has 0 aromatic carbocycles. The topological polar surface area (TPSA) is 41.6 Å². The summed E-state index contributed by atoms with van der Waals surface area (Å²) in [6, 6.07) is 0. The second-order valence-corrected chi connectivity index (χ2v) is 4.36. The van der Waals surface area contributed by atoms with Crippen LogP contribution in [0.15, 0.2) is 0 Å². The normalized spacial score (nSPS) is 20.0. The van der Waals surface area contributed by atoms with Crippen LogP contribution in [0.2, 0.25) is 0 Å². The highest BCUT2D eigenvalue weighted by molar-refractivity contribution is 5.76. The molecular weight excluding hydrogens is 204 g/mol. The van der Waals surface area contributed by atoms with Crippen molar-refractivity contribution in [3.8, 4) is 0 Å². The molecule has 0 saturated carbocycles. The number of methoxy groups -OCH3 is 1. The molecule has 16 heavy (non-hydrogen) atoms. The molecule has 94 valence electrons. The monoisotopic (exact) mass is 228 g/mol. The minimum Gasteiger partial charge on any atom is -0.383 e. The molecule has 0 aromatic rings. The van der Waals surface area contributed by atoms with Crippen molar-refractivity contribution < 1.29 is 9.53 Å². The van der Waals surface area contributed by atoms with Crippen molar-refractivity contribution in [3.63, 3.8) is 0 Å². The summed E-state index contributed by atoms with van der Waals surface area (Å²) in [6.07, 6.45) is 2.93. The Morgan fingerprint density at radius 1 is 1.56 bits per heavy atom. The maximum atomic E-state index is 11.9. The van der Waals surface area contributed by atoms with Crippen LogP contribution >= 0.6 is 0 Å². The van der Waals surface area contributed by atoms with Crippen molar-refractivity contribution in [2.24, 2.45) is 5.92 Å². The Balaban J connectivity index is 2.19. The molecule has 1 heterocycles. The van der Waals surface area contributed by atoms with E-state index in [1.165, 1.54) is 6.42 Å². The van der Waals surface area contributed by atoms with Gasteiger partial charge in [-0.1, -0.05) is 0 Å². The number of hydrogen-bond donors (Lipinski definition) is 1. The van der Waals surface area contributed by atoms with Gasteiger partial charge in [0.2, 0.25) is 5.91 Å². The molecule has 0 bridgehead atoms. The summed E-state index contributed by atoms with van der Waals surface area (Å²) < 4.78 is 5.00. The molecule has 1 unspecified atom stereocenters. The highest BCUT2D eigenvalue weighted by atomic mass is 16.5. The van der Waals surface area contributed by atoms with E-state index in [0.29, 0.717) is 18.9 Å². The third-order valence-electron chi connectivity index (χ3n) is 3.23. The predicted octanol–water partition coefficient (Wildman–Crippen LogP) is 0.871. The standard InChI is InChI=1S/C12H24N2O2/c1-3-14(8-9-16-2)12(15)5-4-11-6-7-13-10-11/h11,13H,3-10H2,1-2H3. The number of likely N-dealkylation sites (N-methyl/N-ethyl adjacent to an activating group) is 1. The number of carbonyl (C=O) groups excluding carboxylic acids is 1. The van der Waals surface area contributed by atoms with E-state index >= 15 is 0 Å². The van der Waals surface area contributed by atoms with Crippen molar-refractivity contribution in [1.29, 1.82) is 0 Å². The lowest BCUT2D eigenvalue weighted by molar-refractivity contribution is -0.131. The average molecular weight is 228 g/mol. The van der Waals surface area contributed by atoms with Crippen LogP contribution in [0.4, 0.5) is 0 Å². The molecule has 0 spiro atoms. The second kappa shape index (κ2) is 7.63. The van der Waals surface area contributed by atoms with Gasteiger partial charge in [-0.2, -0.15) is 0 Å². The molecule has 1 atom stereocenters. The fraction of sp³-hybridized carbons (Fsp3) is 0.917. The van der Waals surface area contributed by atoms with Crippen LogP contribution in [0.5, 0.6) is 0 Å². The average Bonchev–Trinajstić information content (AvgIpc) is 2.80. The smallest absolute Gasteiger partial charge is 0.222 e. The molecule has 0 aliphatic carbocycles. The van der Waals surface area contributed by atoms with Gasteiger partial charge >= 0.3 is 0 Å². The summed E-state index contributed by atoms with van der Waals surface area (Å²) in [5.74, 6) is 0.969. The van der Waals surface area contributed by atoms with Gasteiger partial charge in [0.15, 0.2) is 0 Å². The molecule has 0 radical (unpaired) electrons. The number of nitrogens with zero attached hydrogens (tertiary/aromatic N) is 1. The molecule has 1 aliphatic rings. The molecule has 1 aliphatic heterocycles. The molecule has 1 rings (SSSR count). The molecule has 4 heteroatoms. The van der Waals surface area contributed by atoms with E-state index in [2.05, 4.69) is 5.32 Å². The summed E-state index contributed by atoms with van der Waals surface area (Å²) >= 11 is 0. The summed E-state index contributed by atoms with van der Waals surface area (Å²) in [4.78, 5) is 13.8. The van der Waals surface area contributed by atoms with Gasteiger partial charge in [-0.05, 0) is 38.8 Å². The molecule has 1 saturated heterocycles. The number of amides is 1. The number of hydrogen-bond acceptors (Lipinski definition) is 3. The molecule has 1 amide bonds. The Labute approximate surface area is 98.3 Å². The highest BCUT2D eigenvalue weighted by Gasteiger charge is 2.17. The summed E-state index contributed by atoms with van der Waals surface area (Å²) in [6.45, 7) is 6.34. The number of rotatable bonds is 7. The van der Waals surface area contributed by atoms with Gasteiger partial charge in [-0.15, -0.1) is 0 Å². The Hall–Kier alpha value is -0.610. The van der Waals surface area contributed by atoms with Crippen LogP contribution in [0, 0.1) is 5.92 Å². The van der Waals surface area contributed by atoms with Crippen molar-refractivity contribution in [1.82, 2.24) is 10.2 Å². The first-order chi connectivity index (χ1) is 7.77. The predicted molar refractivity (Wildman–Crippen MR) is 64.3 cm³/mol. The Morgan fingerprint density at radius 3 is 2.94 bits per heavy atom. The van der Waals surface area contributed by atoms with Crippen LogP contribution in [0.25, 0.3) is 0 Å². The molecule has 1 N–H and O–H groups in total. The number of ether oxygens (including phenoxy) is 1. The fourth-order valence-electron chi connectivity index (χ4n) is 2.11. The Kier molecular flexibility index (Phi) is 6.42. The van der Waals surface area contributed by atoms with Crippen LogP contribution < -0.4 is 5.32 Å². The van der Waals surface area contributed by atoms with E-state index in [0.717, 1.165) is 32.6 Å². The van der Waals surface area contributed by atoms with E-state index in [1.807, 2.05) is 11.8 Å². The van der Waals surface area contributed by atoms with Crippen molar-refractivity contribution in [3.05, 3.63) is 0 Å². The third kappa shape index (κ3) is 4.49. The van der Waals surface area contributed by atoms with E-state index in [4.69, 9.17) is 4.74 Å². The van der Waals surface area contributed by atoms with Gasteiger partial charge in [-0.25, -0.2) is 0 Å². The van der Waals surface area contributed by atoms with Crippen LogP contribution in [0.1, 0.15) is 26.2 Å². The summed E-state index contributed by atoms with van der Waals surface area (Å²) in [5, 5.41) is 3.33. The van der Waals surface area contributed by atoms with Gasteiger partial charge in [0.05, 0.1) is 6.61 Å². The first-order valence-corrected chi connectivity index (χ1v) is 6.25. The molecule has 0 aromatic heterocycles. The SMILES string of the molecule is CCN(CCOC)C(=O)CCC1CCNC1. The highest BCUT2D eigenvalue weighted by Crippen LogP contribution is 2.15. The van der Waals surface area contributed by atoms with Gasteiger partial charge in [0.1, 0.15) is 0 Å². The lowest BCUT2D eigenvalue weighted by Crippen LogP contribution is -2.33. The van der Waals surface area contributed by atoms with E-state index in [9.17, 15) is 4.79 Å². The summed E-state index contributed by atoms with van der Waals surface area (Å²) in [7, 11) is 1.67. The molecule has 1 fully saturated rings. The lowest BCUT2D eigenvalue weighted by atomic mass is 10.0. The van der Waals surface area contributed by atoms with Crippen molar-refractivity contribution in [2.75, 3.05) is 39.9 Å². The van der Waals surface area contributed by atoms with Crippen LogP contribution in [-0.4, -0.2) is 50.7 Å². The maximum Gasteiger partial charge on any atom is 0.222 e. The largest absolute Gasteiger partial charge is 0.383 e. The van der Waals surface area contributed by atoms with Gasteiger partial charge in [0, 0.05) is 26.6 Å². The zero-order valence-electron chi connectivity index (χ0n) is 10.5. The third-order valence-corrected chi connectivity index (χ3v) is 3.23. The minimum absolute atomic E-state index is 0.270. The summed E-state index contributed by atoms with van der Waals surface area (Å²) in [5.41, 5.74) is 0. The number of carbonyl (C=O) groups is 1. The van der Waals surface area contributed by atoms with Gasteiger partial charge < -0.3 is 15.0 Å². The first-order valence-electron chi connectivity index (χ1n) is 6.25. The van der Waals surface area contributed by atoms with Crippen molar-refractivity contribution in [2.45, 2.75) is 26.2 Å². The zero-order chi connectivity index (χ0) is 11.8. The second-order valence-electron chi connectivity index (χ2n) is 4.36.